The second-order valence-electron chi connectivity index (χ2n) is 6.25. The number of nitrogens with one attached hydrogen (secondary N) is 2. The fourth-order valence-electron chi connectivity index (χ4n) is 2.89. The van der Waals surface area contributed by atoms with Gasteiger partial charge < -0.3 is 24.4 Å². The van der Waals surface area contributed by atoms with Crippen LogP contribution < -0.4 is 20.1 Å². The van der Waals surface area contributed by atoms with Gasteiger partial charge in [-0.1, -0.05) is 6.07 Å². The maximum atomic E-state index is 12.3. The molecule has 30 heavy (non-hydrogen) atoms. The predicted octanol–water partition coefficient (Wildman–Crippen LogP) is 0.872. The van der Waals surface area contributed by atoms with Crippen LogP contribution >= 0.6 is 12.2 Å². The third-order valence-corrected chi connectivity index (χ3v) is 4.66. The van der Waals surface area contributed by atoms with Crippen LogP contribution in [0, 0.1) is 0 Å². The summed E-state index contributed by atoms with van der Waals surface area (Å²) in [6.07, 6.45) is 2.76. The van der Waals surface area contributed by atoms with Crippen LogP contribution in [-0.4, -0.2) is 67.8 Å². The molecule has 2 rings (SSSR count). The number of rotatable bonds is 7. The van der Waals surface area contributed by atoms with Crippen molar-refractivity contribution in [1.82, 2.24) is 15.5 Å². The number of hydrogen-bond acceptors (Lipinski definition) is 7. The first-order valence-corrected chi connectivity index (χ1v) is 9.75. The lowest BCUT2D eigenvalue weighted by atomic mass is 10.1. The summed E-state index contributed by atoms with van der Waals surface area (Å²) in [5.41, 5.74) is 0.728. The minimum Gasteiger partial charge on any atom is -0.493 e. The van der Waals surface area contributed by atoms with E-state index < -0.39 is 17.9 Å². The van der Waals surface area contributed by atoms with Crippen LogP contribution in [0.1, 0.15) is 18.9 Å². The molecule has 10 heteroatoms. The van der Waals surface area contributed by atoms with Gasteiger partial charge in [-0.2, -0.15) is 0 Å². The van der Waals surface area contributed by atoms with Crippen LogP contribution in [0.5, 0.6) is 11.5 Å². The second kappa shape index (κ2) is 11.1. The van der Waals surface area contributed by atoms with Gasteiger partial charge in [0.1, 0.15) is 6.04 Å². The Labute approximate surface area is 180 Å². The molecular formula is C20H25N3O6S. The zero-order chi connectivity index (χ0) is 22.1. The number of ether oxygens (including phenoxy) is 3. The summed E-state index contributed by atoms with van der Waals surface area (Å²) in [5, 5.41) is 5.33. The summed E-state index contributed by atoms with van der Waals surface area (Å²) >= 11 is 5.29. The van der Waals surface area contributed by atoms with E-state index in [0.717, 1.165) is 5.56 Å². The number of hydrogen-bond donors (Lipinski definition) is 2. The van der Waals surface area contributed by atoms with Crippen molar-refractivity contribution in [2.75, 3.05) is 33.9 Å². The summed E-state index contributed by atoms with van der Waals surface area (Å²) < 4.78 is 15.3. The number of esters is 1. The smallest absolute Gasteiger partial charge is 0.308 e. The molecule has 0 spiro atoms. The Bertz CT molecular complexity index is 842. The fourth-order valence-corrected chi connectivity index (χ4v) is 3.20. The van der Waals surface area contributed by atoms with E-state index in [2.05, 4.69) is 10.6 Å². The highest BCUT2D eigenvalue weighted by Gasteiger charge is 2.33. The van der Waals surface area contributed by atoms with Gasteiger partial charge in [-0.15, -0.1) is 0 Å². The second-order valence-corrected chi connectivity index (χ2v) is 6.64. The number of thiocarbonyl (C=S) groups is 1. The maximum absolute atomic E-state index is 12.3. The van der Waals surface area contributed by atoms with Gasteiger partial charge in [-0.05, 0) is 42.9 Å². The highest BCUT2D eigenvalue weighted by molar-refractivity contribution is 7.80. The number of carbonyl (C=O) groups is 3. The average molecular weight is 436 g/mol. The van der Waals surface area contributed by atoms with E-state index in [-0.39, 0.29) is 24.0 Å². The van der Waals surface area contributed by atoms with Crippen LogP contribution in [0.4, 0.5) is 0 Å². The number of methoxy groups -OCH3 is 2. The number of nitrogens with zero attached hydrogens (tertiary/aromatic N) is 1. The quantitative estimate of drug-likeness (QED) is 0.369. The number of carbonyl (C=O) groups excluding carboxylic acids is 3. The Morgan fingerprint density at radius 2 is 2.03 bits per heavy atom. The van der Waals surface area contributed by atoms with Crippen molar-refractivity contribution < 1.29 is 28.6 Å². The van der Waals surface area contributed by atoms with E-state index in [9.17, 15) is 14.4 Å². The third kappa shape index (κ3) is 6.18. The van der Waals surface area contributed by atoms with Gasteiger partial charge >= 0.3 is 5.97 Å². The van der Waals surface area contributed by atoms with E-state index in [1.807, 2.05) is 0 Å². The molecule has 1 aliphatic heterocycles. The lowest BCUT2D eigenvalue weighted by Gasteiger charge is -2.36. The fraction of sp³-hybridized carbons (Fsp3) is 0.400. The number of amides is 2. The monoisotopic (exact) mass is 435 g/mol. The Balaban J connectivity index is 2.02. The van der Waals surface area contributed by atoms with Crippen LogP contribution in [-0.2, 0) is 19.1 Å². The van der Waals surface area contributed by atoms with Crippen molar-refractivity contribution in [3.8, 4) is 11.5 Å². The minimum atomic E-state index is -0.833. The first-order chi connectivity index (χ1) is 14.4. The summed E-state index contributed by atoms with van der Waals surface area (Å²) in [6.45, 7) is 2.63. The van der Waals surface area contributed by atoms with Crippen molar-refractivity contribution in [1.29, 1.82) is 0 Å². The standard InChI is InChI=1S/C20H25N3O6S/c1-4-29-18(25)12-14-19(26)21-9-10-23(14)20(30)22-17(24)8-6-13-5-7-15(27-2)16(11-13)28-3/h5-8,11,14H,4,9-10,12H2,1-3H3,(H,21,26)(H,22,24,30)/b8-6+. The molecule has 1 aromatic carbocycles. The summed E-state index contributed by atoms with van der Waals surface area (Å²) in [7, 11) is 3.07. The molecule has 0 saturated carbocycles. The molecule has 1 saturated heterocycles. The highest BCUT2D eigenvalue weighted by atomic mass is 32.1. The van der Waals surface area contributed by atoms with E-state index in [1.165, 1.54) is 25.2 Å². The summed E-state index contributed by atoms with van der Waals surface area (Å²) in [5.74, 6) is -0.192. The Morgan fingerprint density at radius 3 is 2.70 bits per heavy atom. The number of benzene rings is 1. The molecule has 2 N–H and O–H groups in total. The van der Waals surface area contributed by atoms with Crippen LogP contribution in [0.2, 0.25) is 0 Å². The summed E-state index contributed by atoms with van der Waals surface area (Å²) in [6, 6.07) is 4.40. The zero-order valence-corrected chi connectivity index (χ0v) is 17.9. The molecule has 162 valence electrons. The van der Waals surface area contributed by atoms with Gasteiger partial charge in [0.15, 0.2) is 16.6 Å². The van der Waals surface area contributed by atoms with E-state index >= 15 is 0 Å². The van der Waals surface area contributed by atoms with Crippen molar-refractivity contribution >= 4 is 41.2 Å². The number of piperazine rings is 1. The van der Waals surface area contributed by atoms with Gasteiger partial charge in [0.2, 0.25) is 11.8 Å². The van der Waals surface area contributed by atoms with Gasteiger partial charge in [-0.25, -0.2) is 0 Å². The highest BCUT2D eigenvalue weighted by Crippen LogP contribution is 2.27. The molecule has 0 radical (unpaired) electrons. The molecule has 9 nitrogen and oxygen atoms in total. The Kier molecular flexibility index (Phi) is 8.60. The molecule has 1 atom stereocenters. The molecule has 1 aliphatic rings. The molecule has 0 bridgehead atoms. The van der Waals surface area contributed by atoms with E-state index in [1.54, 1.807) is 31.2 Å². The van der Waals surface area contributed by atoms with Crippen molar-refractivity contribution in [2.24, 2.45) is 0 Å². The molecule has 0 aliphatic carbocycles. The van der Waals surface area contributed by atoms with Crippen molar-refractivity contribution in [2.45, 2.75) is 19.4 Å². The molecule has 1 fully saturated rings. The molecule has 1 aromatic rings. The molecule has 0 aromatic heterocycles. The SMILES string of the molecule is CCOC(=O)CC1C(=O)NCCN1C(=S)NC(=O)/C=C/c1ccc(OC)c(OC)c1. The first kappa shape index (κ1) is 23.1. The van der Waals surface area contributed by atoms with Gasteiger partial charge in [-0.3, -0.25) is 19.7 Å². The normalized spacial score (nSPS) is 16.0. The molecular weight excluding hydrogens is 410 g/mol. The van der Waals surface area contributed by atoms with Gasteiger partial charge in [0.05, 0.1) is 27.2 Å². The first-order valence-electron chi connectivity index (χ1n) is 9.34. The molecule has 2 amide bonds. The van der Waals surface area contributed by atoms with Crippen LogP contribution in [0.25, 0.3) is 6.08 Å². The summed E-state index contributed by atoms with van der Waals surface area (Å²) in [4.78, 5) is 37.8. The zero-order valence-electron chi connectivity index (χ0n) is 17.1. The van der Waals surface area contributed by atoms with E-state index in [4.69, 9.17) is 26.4 Å². The maximum Gasteiger partial charge on any atom is 0.308 e. The van der Waals surface area contributed by atoms with E-state index in [0.29, 0.717) is 24.6 Å². The lowest BCUT2D eigenvalue weighted by Crippen LogP contribution is -2.60. The van der Waals surface area contributed by atoms with Gasteiger partial charge in [0, 0.05) is 19.2 Å². The van der Waals surface area contributed by atoms with Crippen molar-refractivity contribution in [3.63, 3.8) is 0 Å². The Morgan fingerprint density at radius 1 is 1.30 bits per heavy atom. The molecule has 1 heterocycles. The third-order valence-electron chi connectivity index (χ3n) is 4.32. The van der Waals surface area contributed by atoms with Crippen LogP contribution in [0.3, 0.4) is 0 Å². The lowest BCUT2D eigenvalue weighted by molar-refractivity contribution is -0.147. The van der Waals surface area contributed by atoms with Crippen LogP contribution in [0.15, 0.2) is 24.3 Å². The predicted molar refractivity (Wildman–Crippen MR) is 114 cm³/mol. The minimum absolute atomic E-state index is 0.0705. The Hall–Kier alpha value is -3.14. The largest absolute Gasteiger partial charge is 0.493 e. The average Bonchev–Trinajstić information content (AvgIpc) is 2.73. The van der Waals surface area contributed by atoms with Crippen molar-refractivity contribution in [3.05, 3.63) is 29.8 Å². The topological polar surface area (TPSA) is 106 Å². The molecule has 1 unspecified atom stereocenters. The van der Waals surface area contributed by atoms with Gasteiger partial charge in [0.25, 0.3) is 0 Å².